The lowest BCUT2D eigenvalue weighted by Gasteiger charge is -2.24. The van der Waals surface area contributed by atoms with Crippen LogP contribution in [0.15, 0.2) is 30.3 Å². The molecule has 0 radical (unpaired) electrons. The molecule has 0 aliphatic carbocycles. The third kappa shape index (κ3) is 6.35. The summed E-state index contributed by atoms with van der Waals surface area (Å²) >= 11 is 0. The monoisotopic (exact) mass is 281 g/mol. The first kappa shape index (κ1) is 16.4. The highest BCUT2D eigenvalue weighted by atomic mass is 32.2. The van der Waals surface area contributed by atoms with Crippen LogP contribution in [-0.4, -0.2) is 22.5 Å². The summed E-state index contributed by atoms with van der Waals surface area (Å²) in [6, 6.07) is 10.5. The van der Waals surface area contributed by atoms with Crippen molar-refractivity contribution in [3.05, 3.63) is 35.9 Å². The van der Waals surface area contributed by atoms with Gasteiger partial charge in [-0.3, -0.25) is 4.21 Å². The standard InChI is InChI=1S/C16H27NOS/c1-4-11-17-16(14(3)5-2)13-19(18)12-15-9-7-6-8-10-15/h6-10,14,16-17H,4-5,11-13H2,1-3H3. The van der Waals surface area contributed by atoms with Crippen molar-refractivity contribution in [2.45, 2.75) is 45.4 Å². The van der Waals surface area contributed by atoms with E-state index in [1.807, 2.05) is 18.2 Å². The molecule has 1 aromatic rings. The SMILES string of the molecule is CCCNC(CS(=O)Cc1ccccc1)C(C)CC. The van der Waals surface area contributed by atoms with Gasteiger partial charge in [0.25, 0.3) is 0 Å². The van der Waals surface area contributed by atoms with E-state index < -0.39 is 10.8 Å². The lowest BCUT2D eigenvalue weighted by atomic mass is 10.0. The largest absolute Gasteiger partial charge is 0.313 e. The highest BCUT2D eigenvalue weighted by Crippen LogP contribution is 2.11. The summed E-state index contributed by atoms with van der Waals surface area (Å²) in [5.41, 5.74) is 1.17. The van der Waals surface area contributed by atoms with Crippen LogP contribution >= 0.6 is 0 Å². The highest BCUT2D eigenvalue weighted by molar-refractivity contribution is 7.84. The first-order valence-corrected chi connectivity index (χ1v) is 8.78. The van der Waals surface area contributed by atoms with Crippen LogP contribution < -0.4 is 5.32 Å². The van der Waals surface area contributed by atoms with Crippen molar-refractivity contribution in [3.8, 4) is 0 Å². The lowest BCUT2D eigenvalue weighted by molar-refractivity contribution is 0.394. The fourth-order valence-electron chi connectivity index (χ4n) is 2.06. The Kier molecular flexibility index (Phi) is 7.99. The molecule has 0 amide bonds. The number of hydrogen-bond acceptors (Lipinski definition) is 2. The summed E-state index contributed by atoms with van der Waals surface area (Å²) in [5, 5.41) is 3.54. The van der Waals surface area contributed by atoms with Crippen molar-refractivity contribution < 1.29 is 4.21 Å². The van der Waals surface area contributed by atoms with Crippen molar-refractivity contribution in [2.75, 3.05) is 12.3 Å². The van der Waals surface area contributed by atoms with Crippen LogP contribution in [0.1, 0.15) is 39.2 Å². The molecule has 0 spiro atoms. The summed E-state index contributed by atoms with van der Waals surface area (Å²) in [6.45, 7) is 7.62. The molecule has 0 bridgehead atoms. The van der Waals surface area contributed by atoms with E-state index in [0.717, 1.165) is 25.1 Å². The molecule has 1 aromatic carbocycles. The van der Waals surface area contributed by atoms with E-state index in [4.69, 9.17) is 0 Å². The molecule has 0 aromatic heterocycles. The molecule has 3 unspecified atom stereocenters. The third-order valence-electron chi connectivity index (χ3n) is 3.52. The Morgan fingerprint density at radius 3 is 2.47 bits per heavy atom. The fourth-order valence-corrected chi connectivity index (χ4v) is 3.59. The molecular weight excluding hydrogens is 254 g/mol. The van der Waals surface area contributed by atoms with Gasteiger partial charge in [-0.25, -0.2) is 0 Å². The van der Waals surface area contributed by atoms with E-state index in [9.17, 15) is 4.21 Å². The maximum absolute atomic E-state index is 12.3. The van der Waals surface area contributed by atoms with Gasteiger partial charge >= 0.3 is 0 Å². The Balaban J connectivity index is 2.50. The number of nitrogens with one attached hydrogen (secondary N) is 1. The number of hydrogen-bond donors (Lipinski definition) is 1. The Morgan fingerprint density at radius 1 is 1.21 bits per heavy atom. The van der Waals surface area contributed by atoms with Gasteiger partial charge in [0.2, 0.25) is 0 Å². The van der Waals surface area contributed by atoms with Gasteiger partial charge in [0, 0.05) is 28.3 Å². The van der Waals surface area contributed by atoms with Crippen molar-refractivity contribution in [1.82, 2.24) is 5.32 Å². The molecular formula is C16H27NOS. The zero-order valence-corrected chi connectivity index (χ0v) is 13.2. The molecule has 0 aliphatic rings. The second-order valence-electron chi connectivity index (χ2n) is 5.18. The van der Waals surface area contributed by atoms with Gasteiger partial charge < -0.3 is 5.32 Å². The van der Waals surface area contributed by atoms with Gasteiger partial charge in [-0.2, -0.15) is 0 Å². The molecule has 2 nitrogen and oxygen atoms in total. The van der Waals surface area contributed by atoms with E-state index in [0.29, 0.717) is 17.7 Å². The van der Waals surface area contributed by atoms with Crippen LogP contribution in [-0.2, 0) is 16.6 Å². The summed E-state index contributed by atoms with van der Waals surface area (Å²) in [5.74, 6) is 2.00. The smallest absolute Gasteiger partial charge is 0.0486 e. The summed E-state index contributed by atoms with van der Waals surface area (Å²) in [6.07, 6.45) is 2.25. The van der Waals surface area contributed by atoms with E-state index in [2.05, 4.69) is 38.2 Å². The van der Waals surface area contributed by atoms with E-state index >= 15 is 0 Å². The summed E-state index contributed by atoms with van der Waals surface area (Å²) in [4.78, 5) is 0. The van der Waals surface area contributed by atoms with Crippen LogP contribution in [0.2, 0.25) is 0 Å². The predicted molar refractivity (Wildman–Crippen MR) is 84.7 cm³/mol. The van der Waals surface area contributed by atoms with E-state index in [1.165, 1.54) is 5.56 Å². The second-order valence-corrected chi connectivity index (χ2v) is 6.68. The van der Waals surface area contributed by atoms with Crippen molar-refractivity contribution in [2.24, 2.45) is 5.92 Å². The molecule has 108 valence electrons. The van der Waals surface area contributed by atoms with Gasteiger partial charge in [0.1, 0.15) is 0 Å². The minimum Gasteiger partial charge on any atom is -0.313 e. The minimum atomic E-state index is -0.789. The topological polar surface area (TPSA) is 29.1 Å². The molecule has 0 saturated heterocycles. The average molecular weight is 281 g/mol. The summed E-state index contributed by atoms with van der Waals surface area (Å²) in [7, 11) is -0.789. The van der Waals surface area contributed by atoms with Gasteiger partial charge in [0.15, 0.2) is 0 Å². The van der Waals surface area contributed by atoms with Crippen molar-refractivity contribution >= 4 is 10.8 Å². The maximum atomic E-state index is 12.3. The Labute approximate surface area is 120 Å². The quantitative estimate of drug-likeness (QED) is 0.752. The first-order valence-electron chi connectivity index (χ1n) is 7.29. The van der Waals surface area contributed by atoms with Gasteiger partial charge in [0.05, 0.1) is 0 Å². The van der Waals surface area contributed by atoms with Crippen molar-refractivity contribution in [3.63, 3.8) is 0 Å². The fraction of sp³-hybridized carbons (Fsp3) is 0.625. The minimum absolute atomic E-state index is 0.370. The number of rotatable bonds is 9. The van der Waals surface area contributed by atoms with Crippen LogP contribution in [0.5, 0.6) is 0 Å². The van der Waals surface area contributed by atoms with Gasteiger partial charge in [-0.05, 0) is 24.4 Å². The molecule has 0 fully saturated rings. The zero-order valence-electron chi connectivity index (χ0n) is 12.4. The molecule has 1 N–H and O–H groups in total. The van der Waals surface area contributed by atoms with Crippen LogP contribution in [0.25, 0.3) is 0 Å². The Morgan fingerprint density at radius 2 is 1.89 bits per heavy atom. The van der Waals surface area contributed by atoms with E-state index in [1.54, 1.807) is 0 Å². The predicted octanol–water partition coefficient (Wildman–Crippen LogP) is 3.35. The lowest BCUT2D eigenvalue weighted by Crippen LogP contribution is -2.39. The van der Waals surface area contributed by atoms with Gasteiger partial charge in [-0.1, -0.05) is 57.5 Å². The second kappa shape index (κ2) is 9.27. The maximum Gasteiger partial charge on any atom is 0.0486 e. The molecule has 3 atom stereocenters. The Hall–Kier alpha value is -0.670. The zero-order chi connectivity index (χ0) is 14.1. The average Bonchev–Trinajstić information content (AvgIpc) is 2.43. The summed E-state index contributed by atoms with van der Waals surface area (Å²) < 4.78 is 12.3. The molecule has 1 rings (SSSR count). The molecule has 19 heavy (non-hydrogen) atoms. The molecule has 3 heteroatoms. The number of benzene rings is 1. The van der Waals surface area contributed by atoms with Crippen LogP contribution in [0, 0.1) is 5.92 Å². The third-order valence-corrected chi connectivity index (χ3v) is 4.91. The normalized spacial score (nSPS) is 15.9. The molecule has 0 aliphatic heterocycles. The van der Waals surface area contributed by atoms with Crippen LogP contribution in [0.4, 0.5) is 0 Å². The highest BCUT2D eigenvalue weighted by Gasteiger charge is 2.17. The van der Waals surface area contributed by atoms with Crippen LogP contribution in [0.3, 0.4) is 0 Å². The van der Waals surface area contributed by atoms with Crippen molar-refractivity contribution in [1.29, 1.82) is 0 Å². The Bertz CT molecular complexity index is 366. The molecule has 0 heterocycles. The molecule has 0 saturated carbocycles. The van der Waals surface area contributed by atoms with E-state index in [-0.39, 0.29) is 0 Å². The van der Waals surface area contributed by atoms with Gasteiger partial charge in [-0.15, -0.1) is 0 Å². The first-order chi connectivity index (χ1) is 9.17.